The van der Waals surface area contributed by atoms with Gasteiger partial charge in [-0.05, 0) is 83.1 Å². The number of carbonyl (C=O) groups is 3. The summed E-state index contributed by atoms with van der Waals surface area (Å²) in [5.41, 5.74) is 6.95. The number of aryl methyl sites for hydroxylation is 1. The highest BCUT2D eigenvalue weighted by molar-refractivity contribution is 7.99. The summed E-state index contributed by atoms with van der Waals surface area (Å²) in [6.45, 7) is 12.8. The first kappa shape index (κ1) is 42.1. The molecular formula is C37H49N5O10S2. The van der Waals surface area contributed by atoms with Crippen molar-refractivity contribution in [2.24, 2.45) is 21.8 Å². The predicted molar refractivity (Wildman–Crippen MR) is 206 cm³/mol. The van der Waals surface area contributed by atoms with E-state index in [9.17, 15) is 37.6 Å². The van der Waals surface area contributed by atoms with E-state index in [4.69, 9.17) is 15.3 Å². The number of amides is 2. The van der Waals surface area contributed by atoms with E-state index in [1.54, 1.807) is 6.07 Å². The molecule has 1 aromatic carbocycles. The van der Waals surface area contributed by atoms with Gasteiger partial charge in [0.15, 0.2) is 11.8 Å². The molecule has 3 atom stereocenters. The molecule has 294 valence electrons. The molecule has 54 heavy (non-hydrogen) atoms. The lowest BCUT2D eigenvalue weighted by Crippen LogP contribution is -2.64. The minimum absolute atomic E-state index is 0.0453. The van der Waals surface area contributed by atoms with E-state index in [2.05, 4.69) is 42.0 Å². The number of nitrogens with one attached hydrogen (secondary N) is 1. The highest BCUT2D eigenvalue weighted by atomic mass is 32.2. The molecule has 15 nitrogen and oxygen atoms in total. The van der Waals surface area contributed by atoms with Crippen molar-refractivity contribution >= 4 is 51.4 Å². The topological polar surface area (TPSA) is 231 Å². The van der Waals surface area contributed by atoms with Gasteiger partial charge in [0, 0.05) is 23.7 Å². The van der Waals surface area contributed by atoms with E-state index in [0.29, 0.717) is 11.3 Å². The van der Waals surface area contributed by atoms with Crippen molar-refractivity contribution in [1.82, 2.24) is 9.62 Å². The monoisotopic (exact) mass is 787 g/mol. The van der Waals surface area contributed by atoms with Crippen LogP contribution in [0.1, 0.15) is 90.2 Å². The quantitative estimate of drug-likeness (QED) is 0.0249. The van der Waals surface area contributed by atoms with Crippen LogP contribution in [0.15, 0.2) is 69.6 Å². The summed E-state index contributed by atoms with van der Waals surface area (Å²) in [6.07, 6.45) is 10.8. The maximum absolute atomic E-state index is 13.4. The second kappa shape index (κ2) is 17.7. The fraction of sp³-hybridized carbons (Fsp3) is 0.486. The van der Waals surface area contributed by atoms with Crippen LogP contribution in [0.2, 0.25) is 0 Å². The Bertz CT molecular complexity index is 1930. The van der Waals surface area contributed by atoms with Crippen molar-refractivity contribution < 1.29 is 47.1 Å². The number of β-lactam (4-membered cyclic amide) rings is 1. The molecule has 0 saturated carbocycles. The third-order valence-corrected chi connectivity index (χ3v) is 10.8. The van der Waals surface area contributed by atoms with Crippen molar-refractivity contribution in [2.45, 2.75) is 97.1 Å². The fourth-order valence-electron chi connectivity index (χ4n) is 6.25. The molecule has 0 unspecified atom stereocenters. The molecule has 2 heterocycles. The molecule has 0 spiro atoms. The second-order valence-electron chi connectivity index (χ2n) is 14.0. The zero-order valence-electron chi connectivity index (χ0n) is 31.1. The number of hydrogen-bond donors (Lipinski definition) is 5. The largest absolute Gasteiger partial charge is 0.507 e. The van der Waals surface area contributed by atoms with E-state index in [-0.39, 0.29) is 57.2 Å². The number of carbonyl (C=O) groups excluding carboxylic acids is 2. The van der Waals surface area contributed by atoms with Crippen LogP contribution < -0.4 is 15.8 Å². The zero-order valence-corrected chi connectivity index (χ0v) is 32.8. The summed E-state index contributed by atoms with van der Waals surface area (Å²) in [5.74, 6) is -2.63. The summed E-state index contributed by atoms with van der Waals surface area (Å²) in [5, 5.41) is 26.8. The number of nitrogens with zero attached hydrogens (tertiary/aromatic N) is 3. The first-order valence-electron chi connectivity index (χ1n) is 17.6. The first-order valence-corrected chi connectivity index (χ1v) is 20.2. The van der Waals surface area contributed by atoms with Gasteiger partial charge in [-0.25, -0.2) is 9.79 Å². The summed E-state index contributed by atoms with van der Waals surface area (Å²) in [4.78, 5) is 47.0. The van der Waals surface area contributed by atoms with E-state index in [1.807, 2.05) is 13.0 Å². The van der Waals surface area contributed by atoms with E-state index < -0.39 is 45.4 Å². The Hall–Kier alpha value is -4.61. The zero-order chi connectivity index (χ0) is 40.0. The number of aliphatic carboxylic acids is 1. The Kier molecular flexibility index (Phi) is 13.8. The van der Waals surface area contributed by atoms with Gasteiger partial charge in [-0.15, -0.1) is 11.8 Å². The number of nitrogens with two attached hydrogens (primary N) is 1. The molecule has 0 bridgehead atoms. The van der Waals surface area contributed by atoms with Crippen LogP contribution >= 0.6 is 11.8 Å². The van der Waals surface area contributed by atoms with Crippen molar-refractivity contribution in [1.29, 1.82) is 0 Å². The minimum Gasteiger partial charge on any atom is -0.507 e. The Morgan fingerprint density at radius 2 is 2.00 bits per heavy atom. The Labute approximate surface area is 320 Å². The molecule has 2 aliphatic heterocycles. The molecule has 2 amide bonds. The third kappa shape index (κ3) is 10.1. The number of thioether (sulfide) groups is 1. The lowest BCUT2D eigenvalue weighted by Gasteiger charge is -2.38. The number of ether oxygens (including phenoxy) is 1. The Balaban J connectivity index is 1.55. The van der Waals surface area contributed by atoms with Gasteiger partial charge in [-0.2, -0.15) is 12.7 Å². The lowest BCUT2D eigenvalue weighted by molar-refractivity contribution is -0.161. The molecule has 3 aliphatic rings. The van der Waals surface area contributed by atoms with Crippen LogP contribution in [0, 0.1) is 5.92 Å². The van der Waals surface area contributed by atoms with Gasteiger partial charge < -0.3 is 30.8 Å². The summed E-state index contributed by atoms with van der Waals surface area (Å²) >= 11 is 1.22. The molecule has 1 saturated heterocycles. The number of carboxylic acid groups (broad SMARTS) is 1. The normalized spacial score (nSPS) is 21.2. The van der Waals surface area contributed by atoms with Crippen LogP contribution in [0.4, 0.5) is 0 Å². The molecule has 0 radical (unpaired) electrons. The number of oxime groups is 1. The molecule has 4 rings (SSSR count). The molecule has 6 N–H and O–H groups in total. The summed E-state index contributed by atoms with van der Waals surface area (Å²) < 4.78 is 40.5. The van der Waals surface area contributed by atoms with Gasteiger partial charge >= 0.3 is 16.3 Å². The second-order valence-corrected chi connectivity index (χ2v) is 16.2. The number of phenols is 1. The number of rotatable bonds is 18. The number of aliphatic imine (C=N–C) groups is 1. The number of allylic oxidation sites excluding steroid dienone is 3. The van der Waals surface area contributed by atoms with Gasteiger partial charge in [0.2, 0.25) is 5.60 Å². The summed E-state index contributed by atoms with van der Waals surface area (Å²) in [6, 6.07) is 2.23. The van der Waals surface area contributed by atoms with Gasteiger partial charge in [0.05, 0.1) is 11.4 Å². The molecule has 0 aromatic heterocycles. The number of aromatic hydroxyl groups is 1. The lowest BCUT2D eigenvalue weighted by atomic mass is 9.73. The summed E-state index contributed by atoms with van der Waals surface area (Å²) in [7, 11) is -5.04. The van der Waals surface area contributed by atoms with E-state index in [0.717, 1.165) is 49.7 Å². The number of phenolic OH excluding ortho intramolecular Hbond substituents is 1. The van der Waals surface area contributed by atoms with Crippen LogP contribution in [-0.2, 0) is 35.9 Å². The van der Waals surface area contributed by atoms with Gasteiger partial charge in [-0.1, -0.05) is 54.8 Å². The van der Waals surface area contributed by atoms with Crippen molar-refractivity contribution in [2.75, 3.05) is 11.7 Å². The van der Waals surface area contributed by atoms with Gasteiger partial charge in [0.1, 0.15) is 23.3 Å². The predicted octanol–water partition coefficient (Wildman–Crippen LogP) is 5.10. The van der Waals surface area contributed by atoms with Gasteiger partial charge in [0.25, 0.3) is 11.8 Å². The van der Waals surface area contributed by atoms with Crippen molar-refractivity contribution in [3.8, 4) is 11.5 Å². The number of carboxylic acids is 1. The maximum Gasteiger partial charge on any atom is 0.366 e. The van der Waals surface area contributed by atoms with Crippen molar-refractivity contribution in [3.63, 3.8) is 0 Å². The van der Waals surface area contributed by atoms with E-state index in [1.165, 1.54) is 43.3 Å². The smallest absolute Gasteiger partial charge is 0.366 e. The average Bonchev–Trinajstić information content (AvgIpc) is 3.51. The molecule has 17 heteroatoms. The minimum atomic E-state index is -5.04. The molecule has 1 aromatic rings. The van der Waals surface area contributed by atoms with Gasteiger partial charge in [-0.3, -0.25) is 14.1 Å². The Morgan fingerprint density at radius 1 is 1.28 bits per heavy atom. The standard InChI is InChI=1S/C37H49N5O10S2/c1-7-8-9-10-23-18-28(43)31(25-17-22(4)11-12-24(25)21(2)3)29(19-23)51-20-53-16-15-27-33(35(45)42(27)54(48,49)50)40-34(44)32(26-13-14-30(38)39-26)41-52-37(5,6)36(46)47/h13,15,17-19,24-25,33,43H,2,7-12,14,16,20H2,1,3-6H3,(H2,38,39)(H,40,44)(H,46,47)(H,48,49,50)/b27-15+,41-32-/t24-,25+,33-/m0/s1. The molecule has 1 fully saturated rings. The number of unbranched alkanes of at least 4 members (excludes halogenated alkanes) is 2. The Morgan fingerprint density at radius 3 is 2.61 bits per heavy atom. The number of benzene rings is 1. The average molecular weight is 788 g/mol. The number of amidine groups is 1. The highest BCUT2D eigenvalue weighted by Gasteiger charge is 2.50. The highest BCUT2D eigenvalue weighted by Crippen LogP contribution is 2.47. The molecule has 1 aliphatic carbocycles. The third-order valence-electron chi connectivity index (χ3n) is 9.26. The van der Waals surface area contributed by atoms with Crippen LogP contribution in [0.25, 0.3) is 0 Å². The van der Waals surface area contributed by atoms with Crippen LogP contribution in [0.3, 0.4) is 0 Å². The SMILES string of the molecule is C=C(C)[C@@H]1CCC(C)=C[C@H]1c1c(O)cc(CCCCC)cc1OCSC/C=C1\[C@H](NC(=O)/C(=N\OC(C)(C)C(=O)O)C2=CCC(N)=N2)C(=O)N1S(=O)(=O)O. The molecular weight excluding hydrogens is 739 g/mol. The van der Waals surface area contributed by atoms with Crippen LogP contribution in [-0.4, -0.2) is 80.2 Å². The maximum atomic E-state index is 13.4. The van der Waals surface area contributed by atoms with Crippen LogP contribution in [0.5, 0.6) is 11.5 Å². The fourth-order valence-corrected chi connectivity index (χ4v) is 7.63. The van der Waals surface area contributed by atoms with E-state index >= 15 is 0 Å². The first-order chi connectivity index (χ1) is 25.3. The van der Waals surface area contributed by atoms with Crippen molar-refractivity contribution in [3.05, 3.63) is 70.6 Å². The number of hydrogen-bond acceptors (Lipinski definition) is 12.